The van der Waals surface area contributed by atoms with E-state index in [4.69, 9.17) is 11.6 Å². The second-order valence-electron chi connectivity index (χ2n) is 5.25. The summed E-state index contributed by atoms with van der Waals surface area (Å²) in [5, 5.41) is 7.61. The molecule has 0 fully saturated rings. The van der Waals surface area contributed by atoms with E-state index in [1.165, 1.54) is 30.5 Å². The molecule has 4 rings (SSSR count). The number of fused-ring (bicyclic) bond motifs is 3. The van der Waals surface area contributed by atoms with Gasteiger partial charge in [-0.2, -0.15) is 13.2 Å². The van der Waals surface area contributed by atoms with E-state index in [1.54, 1.807) is 0 Å². The van der Waals surface area contributed by atoms with Crippen molar-refractivity contribution >= 4 is 28.3 Å². The highest BCUT2D eigenvalue weighted by Gasteiger charge is 2.36. The van der Waals surface area contributed by atoms with Gasteiger partial charge in [0.15, 0.2) is 11.5 Å². The number of halogens is 5. The summed E-state index contributed by atoms with van der Waals surface area (Å²) in [5.74, 6) is -0.865. The van der Waals surface area contributed by atoms with Gasteiger partial charge in [-0.05, 0) is 30.3 Å². The number of rotatable bonds is 1. The maximum absolute atomic E-state index is 14.3. The molecule has 0 aliphatic heterocycles. The topological polar surface area (TPSA) is 43.1 Å². The lowest BCUT2D eigenvalue weighted by molar-refractivity contribution is -0.136. The van der Waals surface area contributed by atoms with Gasteiger partial charge in [0.2, 0.25) is 0 Å². The fourth-order valence-electron chi connectivity index (χ4n) is 2.67. The zero-order chi connectivity index (χ0) is 17.8. The molecule has 0 amide bonds. The summed E-state index contributed by atoms with van der Waals surface area (Å²) in [5.41, 5.74) is -1.42. The summed E-state index contributed by atoms with van der Waals surface area (Å²) in [4.78, 5) is 4.10. The van der Waals surface area contributed by atoms with Crippen molar-refractivity contribution < 1.29 is 17.6 Å². The third-order valence-corrected chi connectivity index (χ3v) is 4.04. The van der Waals surface area contributed by atoms with E-state index in [9.17, 15) is 17.6 Å². The van der Waals surface area contributed by atoms with Crippen LogP contribution in [0.5, 0.6) is 0 Å². The Kier molecular flexibility index (Phi) is 3.40. The Bertz CT molecular complexity index is 1100. The molecule has 126 valence electrons. The van der Waals surface area contributed by atoms with E-state index >= 15 is 0 Å². The molecule has 1 aromatic carbocycles. The van der Waals surface area contributed by atoms with E-state index in [2.05, 4.69) is 15.2 Å². The fourth-order valence-corrected chi connectivity index (χ4v) is 2.92. The van der Waals surface area contributed by atoms with E-state index in [1.807, 2.05) is 0 Å². The van der Waals surface area contributed by atoms with Crippen LogP contribution < -0.4 is 0 Å². The maximum atomic E-state index is 14.3. The van der Waals surface area contributed by atoms with Gasteiger partial charge in [-0.25, -0.2) is 9.37 Å². The van der Waals surface area contributed by atoms with E-state index in [0.29, 0.717) is 0 Å². The summed E-state index contributed by atoms with van der Waals surface area (Å²) in [6.07, 6.45) is -3.24. The average Bonchev–Trinajstić information content (AvgIpc) is 2.98. The number of benzene rings is 1. The van der Waals surface area contributed by atoms with Gasteiger partial charge in [-0.1, -0.05) is 17.7 Å². The van der Waals surface area contributed by atoms with E-state index < -0.39 is 23.2 Å². The first-order valence-electron chi connectivity index (χ1n) is 7.02. The van der Waals surface area contributed by atoms with Crippen LogP contribution >= 0.6 is 11.6 Å². The lowest BCUT2D eigenvalue weighted by Gasteiger charge is -2.11. The van der Waals surface area contributed by atoms with Gasteiger partial charge < -0.3 is 0 Å². The van der Waals surface area contributed by atoms with E-state index in [0.717, 1.165) is 16.5 Å². The number of aromatic nitrogens is 4. The zero-order valence-corrected chi connectivity index (χ0v) is 13.0. The molecule has 0 unspecified atom stereocenters. The molecule has 4 nitrogen and oxygen atoms in total. The van der Waals surface area contributed by atoms with E-state index in [-0.39, 0.29) is 27.4 Å². The van der Waals surface area contributed by atoms with Crippen LogP contribution in [0.1, 0.15) is 5.56 Å². The molecule has 0 N–H and O–H groups in total. The third-order valence-electron chi connectivity index (χ3n) is 3.72. The van der Waals surface area contributed by atoms with Crippen LogP contribution in [-0.4, -0.2) is 19.6 Å². The first-order chi connectivity index (χ1) is 11.9. The molecule has 0 saturated carbocycles. The minimum absolute atomic E-state index is 0.00999. The zero-order valence-electron chi connectivity index (χ0n) is 12.2. The highest BCUT2D eigenvalue weighted by molar-refractivity contribution is 6.33. The second-order valence-corrected chi connectivity index (χ2v) is 5.66. The van der Waals surface area contributed by atoms with Crippen LogP contribution in [0, 0.1) is 5.82 Å². The Morgan fingerprint density at radius 2 is 1.80 bits per heavy atom. The highest BCUT2D eigenvalue weighted by atomic mass is 35.5. The van der Waals surface area contributed by atoms with Crippen molar-refractivity contribution in [2.75, 3.05) is 0 Å². The van der Waals surface area contributed by atoms with Crippen molar-refractivity contribution in [3.05, 3.63) is 59.0 Å². The summed E-state index contributed by atoms with van der Waals surface area (Å²) in [6, 6.07) is 7.88. The van der Waals surface area contributed by atoms with Crippen molar-refractivity contribution in [1.82, 2.24) is 19.6 Å². The van der Waals surface area contributed by atoms with Crippen LogP contribution in [0.2, 0.25) is 5.02 Å². The molecule has 0 radical (unpaired) electrons. The average molecular weight is 367 g/mol. The van der Waals surface area contributed by atoms with Gasteiger partial charge in [-0.15, -0.1) is 10.2 Å². The molecule has 0 aliphatic carbocycles. The molecule has 0 atom stereocenters. The molecule has 0 saturated heterocycles. The number of hydrogen-bond acceptors (Lipinski definition) is 3. The Labute approximate surface area is 142 Å². The third kappa shape index (κ3) is 2.41. The number of pyridine rings is 2. The summed E-state index contributed by atoms with van der Waals surface area (Å²) >= 11 is 6.04. The predicted octanol–water partition coefficient (Wildman–Crippen LogP) is 4.76. The molecule has 0 bridgehead atoms. The Hall–Kier alpha value is -2.74. The van der Waals surface area contributed by atoms with Crippen molar-refractivity contribution in [3.63, 3.8) is 0 Å². The molecule has 0 aliphatic rings. The molecular weight excluding hydrogens is 360 g/mol. The summed E-state index contributed by atoms with van der Waals surface area (Å²) in [7, 11) is 0. The standard InChI is InChI=1S/C16H7ClF4N4/c17-10-4-1-5-11(18)12(10)15-24-23-14-9(16(19,20)21)7-8-3-2-6-22-13(8)25(14)15/h1-7H. The van der Waals surface area contributed by atoms with Crippen molar-refractivity contribution in [2.45, 2.75) is 6.18 Å². The summed E-state index contributed by atoms with van der Waals surface area (Å²) < 4.78 is 55.6. The quantitative estimate of drug-likeness (QED) is 0.456. The van der Waals surface area contributed by atoms with Crippen molar-refractivity contribution in [2.24, 2.45) is 0 Å². The molecule has 0 spiro atoms. The van der Waals surface area contributed by atoms with Crippen molar-refractivity contribution in [1.29, 1.82) is 0 Å². The van der Waals surface area contributed by atoms with Gasteiger partial charge in [0.05, 0.1) is 10.6 Å². The lowest BCUT2D eigenvalue weighted by Crippen LogP contribution is -2.09. The minimum atomic E-state index is -4.66. The Balaban J connectivity index is 2.21. The smallest absolute Gasteiger partial charge is 0.258 e. The predicted molar refractivity (Wildman–Crippen MR) is 83.7 cm³/mol. The van der Waals surface area contributed by atoms with Crippen LogP contribution in [0.15, 0.2) is 42.6 Å². The van der Waals surface area contributed by atoms with Crippen LogP contribution in [0.4, 0.5) is 17.6 Å². The highest BCUT2D eigenvalue weighted by Crippen LogP contribution is 2.37. The largest absolute Gasteiger partial charge is 0.420 e. The minimum Gasteiger partial charge on any atom is -0.258 e. The van der Waals surface area contributed by atoms with Gasteiger partial charge >= 0.3 is 6.18 Å². The summed E-state index contributed by atoms with van der Waals surface area (Å²) in [6.45, 7) is 0. The molecule has 3 heterocycles. The molecule has 9 heteroatoms. The van der Waals surface area contributed by atoms with Gasteiger partial charge in [-0.3, -0.25) is 4.40 Å². The van der Waals surface area contributed by atoms with Crippen LogP contribution in [0.25, 0.3) is 28.1 Å². The number of alkyl halides is 3. The normalized spacial score (nSPS) is 12.2. The lowest BCUT2D eigenvalue weighted by atomic mass is 10.1. The molecule has 4 aromatic rings. The SMILES string of the molecule is Fc1cccc(Cl)c1-c1nnc2c(C(F)(F)F)cc3cccnc3n12. The first-order valence-corrected chi connectivity index (χ1v) is 7.40. The van der Waals surface area contributed by atoms with Gasteiger partial charge in [0, 0.05) is 11.6 Å². The number of nitrogens with zero attached hydrogens (tertiary/aromatic N) is 4. The molecule has 3 aromatic heterocycles. The molecular formula is C16H7ClF4N4. The van der Waals surface area contributed by atoms with Crippen LogP contribution in [-0.2, 0) is 6.18 Å². The molecule has 25 heavy (non-hydrogen) atoms. The van der Waals surface area contributed by atoms with Gasteiger partial charge in [0.1, 0.15) is 17.0 Å². The Morgan fingerprint density at radius 1 is 1.00 bits per heavy atom. The number of hydrogen-bond donors (Lipinski definition) is 0. The second kappa shape index (κ2) is 5.38. The maximum Gasteiger partial charge on any atom is 0.420 e. The monoisotopic (exact) mass is 366 g/mol. The Morgan fingerprint density at radius 3 is 2.52 bits per heavy atom. The van der Waals surface area contributed by atoms with Crippen LogP contribution in [0.3, 0.4) is 0 Å². The fraction of sp³-hybridized carbons (Fsp3) is 0.0625. The van der Waals surface area contributed by atoms with Crippen molar-refractivity contribution in [3.8, 4) is 11.4 Å². The first kappa shape index (κ1) is 15.8. The van der Waals surface area contributed by atoms with Gasteiger partial charge in [0.25, 0.3) is 0 Å².